The Hall–Kier alpha value is -2.27. The molecule has 19 heavy (non-hydrogen) atoms. The fourth-order valence-corrected chi connectivity index (χ4v) is 1.82. The van der Waals surface area contributed by atoms with Gasteiger partial charge in [0.15, 0.2) is 5.78 Å². The van der Waals surface area contributed by atoms with Crippen LogP contribution in [0.1, 0.15) is 15.9 Å². The lowest BCUT2D eigenvalue weighted by molar-refractivity contribution is -0.384. The zero-order valence-corrected chi connectivity index (χ0v) is 10.2. The fourth-order valence-electron chi connectivity index (χ4n) is 1.56. The van der Waals surface area contributed by atoms with E-state index in [0.717, 1.165) is 18.2 Å². The lowest BCUT2D eigenvalue weighted by atomic mass is 10.0. The number of non-ortho nitro benzene ring substituents is 1. The molecule has 0 saturated heterocycles. The monoisotopic (exact) mass is 279 g/mol. The van der Waals surface area contributed by atoms with Gasteiger partial charge in [-0.15, -0.1) is 0 Å². The SMILES string of the molecule is O=C(c1ccc(F)cc1)c1ccc([N+](=O)[O-])cc1Cl. The molecule has 0 saturated carbocycles. The highest BCUT2D eigenvalue weighted by Gasteiger charge is 2.16. The Labute approximate surface area is 112 Å². The van der Waals surface area contributed by atoms with E-state index in [4.69, 9.17) is 11.6 Å². The lowest BCUT2D eigenvalue weighted by Gasteiger charge is -2.03. The number of carbonyl (C=O) groups excluding carboxylic acids is 1. The summed E-state index contributed by atoms with van der Waals surface area (Å²) >= 11 is 5.85. The number of benzene rings is 2. The molecule has 0 fully saturated rings. The number of nitrogens with zero attached hydrogens (tertiary/aromatic N) is 1. The Balaban J connectivity index is 2.39. The molecule has 0 aliphatic heterocycles. The minimum atomic E-state index is -0.599. The first-order valence-electron chi connectivity index (χ1n) is 5.23. The molecule has 2 aromatic rings. The van der Waals surface area contributed by atoms with Crippen molar-refractivity contribution >= 4 is 23.1 Å². The summed E-state index contributed by atoms with van der Waals surface area (Å²) in [6.07, 6.45) is 0. The van der Waals surface area contributed by atoms with Crippen molar-refractivity contribution in [1.82, 2.24) is 0 Å². The van der Waals surface area contributed by atoms with Gasteiger partial charge in [-0.2, -0.15) is 0 Å². The van der Waals surface area contributed by atoms with Crippen LogP contribution >= 0.6 is 11.6 Å². The van der Waals surface area contributed by atoms with Gasteiger partial charge < -0.3 is 0 Å². The van der Waals surface area contributed by atoms with Crippen LogP contribution in [0.5, 0.6) is 0 Å². The van der Waals surface area contributed by atoms with E-state index in [2.05, 4.69) is 0 Å². The zero-order valence-electron chi connectivity index (χ0n) is 9.47. The summed E-state index contributed by atoms with van der Waals surface area (Å²) in [5, 5.41) is 10.6. The zero-order chi connectivity index (χ0) is 14.0. The molecule has 0 aliphatic carbocycles. The van der Waals surface area contributed by atoms with Crippen LogP contribution in [0.2, 0.25) is 5.02 Å². The smallest absolute Gasteiger partial charge is 0.270 e. The molecule has 0 amide bonds. The van der Waals surface area contributed by atoms with E-state index < -0.39 is 16.5 Å². The maximum absolute atomic E-state index is 12.8. The number of ketones is 1. The highest BCUT2D eigenvalue weighted by molar-refractivity contribution is 6.35. The molecular formula is C13H7ClFNO3. The molecule has 0 heterocycles. The van der Waals surface area contributed by atoms with Gasteiger partial charge in [-0.05, 0) is 30.3 Å². The number of hydrogen-bond acceptors (Lipinski definition) is 3. The van der Waals surface area contributed by atoms with Gasteiger partial charge in [-0.1, -0.05) is 11.6 Å². The van der Waals surface area contributed by atoms with Crippen LogP contribution in [0.3, 0.4) is 0 Å². The molecule has 2 rings (SSSR count). The summed E-state index contributed by atoms with van der Waals surface area (Å²) in [6.45, 7) is 0. The maximum atomic E-state index is 12.8. The van der Waals surface area contributed by atoms with Crippen molar-refractivity contribution in [2.75, 3.05) is 0 Å². The normalized spacial score (nSPS) is 10.2. The predicted octanol–water partition coefficient (Wildman–Crippen LogP) is 3.62. The summed E-state index contributed by atoms with van der Waals surface area (Å²) in [7, 11) is 0. The molecule has 6 heteroatoms. The third-order valence-corrected chi connectivity index (χ3v) is 2.83. The molecule has 0 atom stereocenters. The van der Waals surface area contributed by atoms with Gasteiger partial charge in [0.2, 0.25) is 0 Å². The molecule has 2 aromatic carbocycles. The van der Waals surface area contributed by atoms with Crippen LogP contribution in [0.4, 0.5) is 10.1 Å². The molecule has 96 valence electrons. The highest BCUT2D eigenvalue weighted by Crippen LogP contribution is 2.24. The van der Waals surface area contributed by atoms with Gasteiger partial charge in [0.1, 0.15) is 5.82 Å². The molecule has 0 bridgehead atoms. The van der Waals surface area contributed by atoms with Gasteiger partial charge in [-0.25, -0.2) is 4.39 Å². The molecular weight excluding hydrogens is 273 g/mol. The van der Waals surface area contributed by atoms with Crippen LogP contribution in [0.25, 0.3) is 0 Å². The van der Waals surface area contributed by atoms with E-state index in [0.29, 0.717) is 0 Å². The number of carbonyl (C=O) groups is 1. The van der Waals surface area contributed by atoms with Crippen molar-refractivity contribution in [1.29, 1.82) is 0 Å². The van der Waals surface area contributed by atoms with Crippen LogP contribution in [0.15, 0.2) is 42.5 Å². The maximum Gasteiger partial charge on any atom is 0.270 e. The standard InChI is InChI=1S/C13H7ClFNO3/c14-12-7-10(16(18)19)5-6-11(12)13(17)8-1-3-9(15)4-2-8/h1-7H. The van der Waals surface area contributed by atoms with Crippen molar-refractivity contribution in [3.63, 3.8) is 0 Å². The van der Waals surface area contributed by atoms with Crippen LogP contribution in [-0.4, -0.2) is 10.7 Å². The van der Waals surface area contributed by atoms with E-state index in [1.807, 2.05) is 0 Å². The Morgan fingerprint density at radius 1 is 1.16 bits per heavy atom. The topological polar surface area (TPSA) is 60.2 Å². The van der Waals surface area contributed by atoms with Crippen molar-refractivity contribution in [2.24, 2.45) is 0 Å². The van der Waals surface area contributed by atoms with Crippen LogP contribution in [-0.2, 0) is 0 Å². The van der Waals surface area contributed by atoms with Gasteiger partial charge in [0, 0.05) is 23.3 Å². The van der Waals surface area contributed by atoms with Gasteiger partial charge in [-0.3, -0.25) is 14.9 Å². The first-order valence-corrected chi connectivity index (χ1v) is 5.61. The van der Waals surface area contributed by atoms with Crippen LogP contribution < -0.4 is 0 Å². The number of nitro benzene ring substituents is 1. The third kappa shape index (κ3) is 2.77. The molecule has 0 aliphatic rings. The van der Waals surface area contributed by atoms with Crippen molar-refractivity contribution in [2.45, 2.75) is 0 Å². The Morgan fingerprint density at radius 2 is 1.79 bits per heavy atom. The summed E-state index contributed by atoms with van der Waals surface area (Å²) in [5.74, 6) is -0.869. The fraction of sp³-hybridized carbons (Fsp3) is 0. The van der Waals surface area contributed by atoms with Crippen molar-refractivity contribution in [3.05, 3.63) is 74.5 Å². The van der Waals surface area contributed by atoms with E-state index in [-0.39, 0.29) is 21.8 Å². The van der Waals surface area contributed by atoms with E-state index in [9.17, 15) is 19.3 Å². The van der Waals surface area contributed by atoms with E-state index in [1.54, 1.807) is 0 Å². The summed E-state index contributed by atoms with van der Waals surface area (Å²) in [4.78, 5) is 22.0. The predicted molar refractivity (Wildman–Crippen MR) is 67.9 cm³/mol. The molecule has 0 unspecified atom stereocenters. The summed E-state index contributed by atoms with van der Waals surface area (Å²) in [6, 6.07) is 8.57. The van der Waals surface area contributed by atoms with Crippen LogP contribution in [0, 0.1) is 15.9 Å². The first kappa shape index (κ1) is 13.2. The van der Waals surface area contributed by atoms with Gasteiger partial charge >= 0.3 is 0 Å². The molecule has 0 radical (unpaired) electrons. The molecule has 0 N–H and O–H groups in total. The third-order valence-electron chi connectivity index (χ3n) is 2.51. The average molecular weight is 280 g/mol. The van der Waals surface area contributed by atoms with Gasteiger partial charge in [0.25, 0.3) is 5.69 Å². The Bertz CT molecular complexity index is 655. The van der Waals surface area contributed by atoms with Crippen molar-refractivity contribution in [3.8, 4) is 0 Å². The quantitative estimate of drug-likeness (QED) is 0.490. The number of nitro groups is 1. The molecule has 0 spiro atoms. The van der Waals surface area contributed by atoms with E-state index >= 15 is 0 Å². The minimum absolute atomic E-state index is 0.0106. The second-order valence-corrected chi connectivity index (χ2v) is 4.16. The first-order chi connectivity index (χ1) is 8.99. The summed E-state index contributed by atoms with van der Waals surface area (Å²) in [5.41, 5.74) is 0.205. The van der Waals surface area contributed by atoms with Gasteiger partial charge in [0.05, 0.1) is 9.95 Å². The second-order valence-electron chi connectivity index (χ2n) is 3.76. The Morgan fingerprint density at radius 3 is 2.32 bits per heavy atom. The Kier molecular flexibility index (Phi) is 3.57. The number of hydrogen-bond donors (Lipinski definition) is 0. The largest absolute Gasteiger partial charge is 0.289 e. The minimum Gasteiger partial charge on any atom is -0.289 e. The molecule has 4 nitrogen and oxygen atoms in total. The van der Waals surface area contributed by atoms with Crippen molar-refractivity contribution < 1.29 is 14.1 Å². The number of rotatable bonds is 3. The summed E-state index contributed by atoms with van der Waals surface area (Å²) < 4.78 is 12.8. The highest BCUT2D eigenvalue weighted by atomic mass is 35.5. The second kappa shape index (κ2) is 5.16. The average Bonchev–Trinajstić information content (AvgIpc) is 2.38. The lowest BCUT2D eigenvalue weighted by Crippen LogP contribution is -2.02. The molecule has 0 aromatic heterocycles. The van der Waals surface area contributed by atoms with E-state index in [1.165, 1.54) is 24.3 Å². The number of halogens is 2.